The van der Waals surface area contributed by atoms with Crippen LogP contribution < -0.4 is 11.1 Å². The molecule has 2 amide bonds. The van der Waals surface area contributed by atoms with E-state index in [1.807, 2.05) is 0 Å². The monoisotopic (exact) mass is 237 g/mol. The smallest absolute Gasteiger partial charge is 0.350 e. The Hall–Kier alpha value is -1.43. The SMILES string of the molecule is NC(=O)[N]c1cccc(C(F)(F)F)c1Cl. The van der Waals surface area contributed by atoms with Crippen molar-refractivity contribution in [2.24, 2.45) is 5.73 Å². The van der Waals surface area contributed by atoms with Crippen molar-refractivity contribution in [2.75, 3.05) is 0 Å². The van der Waals surface area contributed by atoms with Gasteiger partial charge in [0.2, 0.25) is 0 Å². The minimum absolute atomic E-state index is 0.293. The Bertz CT molecular complexity index is 392. The van der Waals surface area contributed by atoms with Crippen LogP contribution in [0, 0.1) is 0 Å². The molecule has 0 spiro atoms. The number of alkyl halides is 3. The molecule has 0 aliphatic rings. The van der Waals surface area contributed by atoms with Crippen LogP contribution in [0.25, 0.3) is 0 Å². The second-order valence-electron chi connectivity index (χ2n) is 2.59. The van der Waals surface area contributed by atoms with Gasteiger partial charge in [0.1, 0.15) is 0 Å². The van der Waals surface area contributed by atoms with E-state index in [1.165, 1.54) is 6.07 Å². The molecule has 1 radical (unpaired) electrons. The Labute approximate surface area is 88.0 Å². The minimum Gasteiger partial charge on any atom is -0.350 e. The standard InChI is InChI=1S/C8H5ClF3N2O/c9-6-4(8(10,11)12)2-1-3-5(6)14-7(13)15/h1-3H,(H2,13,15). The lowest BCUT2D eigenvalue weighted by molar-refractivity contribution is -0.137. The summed E-state index contributed by atoms with van der Waals surface area (Å²) in [6, 6.07) is 1.96. The highest BCUT2D eigenvalue weighted by Crippen LogP contribution is 2.38. The summed E-state index contributed by atoms with van der Waals surface area (Å²) in [4.78, 5) is 10.4. The van der Waals surface area contributed by atoms with E-state index in [2.05, 4.69) is 5.32 Å². The third-order valence-electron chi connectivity index (χ3n) is 1.51. The van der Waals surface area contributed by atoms with E-state index in [-0.39, 0.29) is 5.69 Å². The van der Waals surface area contributed by atoms with E-state index < -0.39 is 22.8 Å². The van der Waals surface area contributed by atoms with Gasteiger partial charge < -0.3 is 5.73 Å². The normalized spacial score (nSPS) is 11.2. The van der Waals surface area contributed by atoms with E-state index in [1.54, 1.807) is 0 Å². The average molecular weight is 238 g/mol. The molecular formula is C8H5ClF3N2O. The van der Waals surface area contributed by atoms with Gasteiger partial charge in [-0.15, -0.1) is 0 Å². The van der Waals surface area contributed by atoms with Crippen molar-refractivity contribution in [3.05, 3.63) is 28.8 Å². The molecule has 7 heteroatoms. The van der Waals surface area contributed by atoms with Crippen LogP contribution in [0.1, 0.15) is 5.56 Å². The first-order valence-corrected chi connectivity index (χ1v) is 4.07. The number of benzene rings is 1. The summed E-state index contributed by atoms with van der Waals surface area (Å²) in [5.41, 5.74) is 3.37. The third-order valence-corrected chi connectivity index (χ3v) is 1.91. The molecule has 0 atom stereocenters. The number of primary amides is 1. The number of halogens is 4. The van der Waals surface area contributed by atoms with Crippen molar-refractivity contribution < 1.29 is 18.0 Å². The Morgan fingerprint density at radius 2 is 2.00 bits per heavy atom. The molecule has 3 nitrogen and oxygen atoms in total. The number of urea groups is 1. The van der Waals surface area contributed by atoms with Gasteiger partial charge in [0.15, 0.2) is 0 Å². The summed E-state index contributed by atoms with van der Waals surface area (Å²) in [6.07, 6.45) is -4.58. The fraction of sp³-hybridized carbons (Fsp3) is 0.125. The van der Waals surface area contributed by atoms with Crippen LogP contribution in [0.4, 0.5) is 23.7 Å². The molecule has 0 aliphatic heterocycles. The zero-order valence-electron chi connectivity index (χ0n) is 7.18. The Kier molecular flexibility index (Phi) is 3.09. The fourth-order valence-corrected chi connectivity index (χ4v) is 1.22. The lowest BCUT2D eigenvalue weighted by Gasteiger charge is -2.10. The number of rotatable bonds is 1. The summed E-state index contributed by atoms with van der Waals surface area (Å²) >= 11 is 5.42. The molecule has 81 valence electrons. The first-order valence-electron chi connectivity index (χ1n) is 3.69. The highest BCUT2D eigenvalue weighted by atomic mass is 35.5. The van der Waals surface area contributed by atoms with Crippen LogP contribution >= 0.6 is 11.6 Å². The van der Waals surface area contributed by atoms with E-state index >= 15 is 0 Å². The average Bonchev–Trinajstić information content (AvgIpc) is 2.05. The van der Waals surface area contributed by atoms with Crippen molar-refractivity contribution in [1.82, 2.24) is 5.32 Å². The molecule has 1 rings (SSSR count). The second-order valence-corrected chi connectivity index (χ2v) is 2.96. The van der Waals surface area contributed by atoms with E-state index in [9.17, 15) is 18.0 Å². The maximum absolute atomic E-state index is 12.3. The molecule has 1 aromatic rings. The van der Waals surface area contributed by atoms with Gasteiger partial charge in [-0.2, -0.15) is 18.5 Å². The largest absolute Gasteiger partial charge is 0.417 e. The van der Waals surface area contributed by atoms with Crippen molar-refractivity contribution >= 4 is 23.3 Å². The Morgan fingerprint density at radius 1 is 1.40 bits per heavy atom. The van der Waals surface area contributed by atoms with E-state index in [4.69, 9.17) is 17.3 Å². The molecule has 15 heavy (non-hydrogen) atoms. The van der Waals surface area contributed by atoms with Gasteiger partial charge in [-0.05, 0) is 12.1 Å². The first kappa shape index (κ1) is 11.6. The topological polar surface area (TPSA) is 57.2 Å². The third kappa shape index (κ3) is 2.76. The van der Waals surface area contributed by atoms with Crippen molar-refractivity contribution in [3.8, 4) is 0 Å². The quantitative estimate of drug-likeness (QED) is 0.802. The summed E-state index contributed by atoms with van der Waals surface area (Å²) in [7, 11) is 0. The van der Waals surface area contributed by atoms with Gasteiger partial charge >= 0.3 is 12.2 Å². The number of hydrogen-bond acceptors (Lipinski definition) is 1. The van der Waals surface area contributed by atoms with Gasteiger partial charge in [-0.1, -0.05) is 17.7 Å². The molecule has 0 aliphatic carbocycles. The highest BCUT2D eigenvalue weighted by Gasteiger charge is 2.34. The maximum Gasteiger partial charge on any atom is 0.417 e. The second kappa shape index (κ2) is 3.98. The zero-order chi connectivity index (χ0) is 11.6. The molecule has 0 saturated heterocycles. The van der Waals surface area contributed by atoms with Gasteiger partial charge in [-0.3, -0.25) is 0 Å². The van der Waals surface area contributed by atoms with Gasteiger partial charge in [0, 0.05) is 0 Å². The van der Waals surface area contributed by atoms with Gasteiger partial charge in [0.05, 0.1) is 16.3 Å². The van der Waals surface area contributed by atoms with Gasteiger partial charge in [-0.25, -0.2) is 4.79 Å². The molecule has 1 aromatic carbocycles. The van der Waals surface area contributed by atoms with Crippen LogP contribution in [0.2, 0.25) is 5.02 Å². The maximum atomic E-state index is 12.3. The number of nitrogens with zero attached hydrogens (tertiary/aromatic N) is 1. The number of carbonyl (C=O) groups is 1. The van der Waals surface area contributed by atoms with Crippen LogP contribution in [0.5, 0.6) is 0 Å². The lowest BCUT2D eigenvalue weighted by atomic mass is 10.2. The molecular weight excluding hydrogens is 233 g/mol. The molecule has 0 heterocycles. The predicted molar refractivity (Wildman–Crippen MR) is 47.8 cm³/mol. The Balaban J connectivity index is 3.17. The molecule has 0 fully saturated rings. The summed E-state index contributed by atoms with van der Waals surface area (Å²) in [5.74, 6) is 0. The van der Waals surface area contributed by atoms with Crippen molar-refractivity contribution in [2.45, 2.75) is 6.18 Å². The number of carbonyl (C=O) groups excluding carboxylic acids is 1. The predicted octanol–water partition coefficient (Wildman–Crippen LogP) is 2.67. The summed E-state index contributed by atoms with van der Waals surface area (Å²) in [6.45, 7) is 0. The molecule has 0 unspecified atom stereocenters. The van der Waals surface area contributed by atoms with Gasteiger partial charge in [0.25, 0.3) is 0 Å². The minimum atomic E-state index is -4.58. The highest BCUT2D eigenvalue weighted by molar-refractivity contribution is 6.34. The molecule has 2 N–H and O–H groups in total. The Morgan fingerprint density at radius 3 is 2.47 bits per heavy atom. The molecule has 0 aromatic heterocycles. The van der Waals surface area contributed by atoms with Crippen LogP contribution in [0.15, 0.2) is 18.2 Å². The molecule has 0 bridgehead atoms. The lowest BCUT2D eigenvalue weighted by Crippen LogP contribution is -2.19. The van der Waals surface area contributed by atoms with Crippen molar-refractivity contribution in [1.29, 1.82) is 0 Å². The van der Waals surface area contributed by atoms with Crippen LogP contribution in [-0.2, 0) is 6.18 Å². The van der Waals surface area contributed by atoms with E-state index in [0.717, 1.165) is 12.1 Å². The van der Waals surface area contributed by atoms with E-state index in [0.29, 0.717) is 0 Å². The number of amides is 2. The van der Waals surface area contributed by atoms with Crippen molar-refractivity contribution in [3.63, 3.8) is 0 Å². The van der Waals surface area contributed by atoms with Crippen LogP contribution in [-0.4, -0.2) is 6.03 Å². The first-order chi connectivity index (χ1) is 6.82. The number of hydrogen-bond donors (Lipinski definition) is 1. The molecule has 0 saturated carbocycles. The zero-order valence-corrected chi connectivity index (χ0v) is 7.93. The van der Waals surface area contributed by atoms with Crippen LogP contribution in [0.3, 0.4) is 0 Å². The summed E-state index contributed by atoms with van der Waals surface area (Å²) in [5, 5.41) is 2.50. The summed E-state index contributed by atoms with van der Waals surface area (Å²) < 4.78 is 37.0. The fourth-order valence-electron chi connectivity index (χ4n) is 0.944. The number of nitrogens with two attached hydrogens (primary N) is 1.